The van der Waals surface area contributed by atoms with Crippen molar-refractivity contribution in [3.8, 4) is 0 Å². The first-order valence-electron chi connectivity index (χ1n) is 10.5. The molecule has 2 saturated heterocycles. The summed E-state index contributed by atoms with van der Waals surface area (Å²) in [4.78, 5) is 31.4. The largest absolute Gasteiger partial charge is 0.339 e. The Morgan fingerprint density at radius 2 is 1.50 bits per heavy atom. The molecule has 0 atom stereocenters. The van der Waals surface area contributed by atoms with Gasteiger partial charge in [0.2, 0.25) is 11.8 Å². The van der Waals surface area contributed by atoms with Crippen molar-refractivity contribution >= 4 is 17.5 Å². The molecule has 0 spiro atoms. The van der Waals surface area contributed by atoms with E-state index in [1.54, 1.807) is 0 Å². The van der Waals surface area contributed by atoms with E-state index in [0.717, 1.165) is 48.9 Å². The number of anilines is 1. The standard InChI is InChI=1S/C22H34N4O2/c1-17-7-9-24(10-8-17)16-21(28)26-13-11-25(12-14-26)15-20(27)23-22-18(2)5-4-6-19(22)3/h4-6,17H,7-16H2,1-3H3,(H,23,27). The molecule has 1 N–H and O–H groups in total. The van der Waals surface area contributed by atoms with Crippen molar-refractivity contribution in [2.75, 3.05) is 57.7 Å². The van der Waals surface area contributed by atoms with Crippen molar-refractivity contribution in [1.82, 2.24) is 14.7 Å². The topological polar surface area (TPSA) is 55.9 Å². The Morgan fingerprint density at radius 1 is 0.929 bits per heavy atom. The van der Waals surface area contributed by atoms with Gasteiger partial charge in [-0.25, -0.2) is 0 Å². The lowest BCUT2D eigenvalue weighted by molar-refractivity contribution is -0.134. The average Bonchev–Trinajstić information content (AvgIpc) is 2.67. The Kier molecular flexibility index (Phi) is 7.08. The number of benzene rings is 1. The number of piperidine rings is 1. The molecule has 6 nitrogen and oxygen atoms in total. The number of amides is 2. The summed E-state index contributed by atoms with van der Waals surface area (Å²) in [5.41, 5.74) is 3.07. The summed E-state index contributed by atoms with van der Waals surface area (Å²) in [6, 6.07) is 6.02. The molecule has 2 aliphatic heterocycles. The highest BCUT2D eigenvalue weighted by Crippen LogP contribution is 2.19. The predicted octanol–water partition coefficient (Wildman–Crippen LogP) is 2.12. The van der Waals surface area contributed by atoms with Gasteiger partial charge in [0.05, 0.1) is 13.1 Å². The number of hydrogen-bond donors (Lipinski definition) is 1. The van der Waals surface area contributed by atoms with Crippen LogP contribution in [0.15, 0.2) is 18.2 Å². The minimum absolute atomic E-state index is 0.0135. The van der Waals surface area contributed by atoms with Crippen molar-refractivity contribution < 1.29 is 9.59 Å². The van der Waals surface area contributed by atoms with E-state index in [1.807, 2.05) is 36.9 Å². The zero-order valence-corrected chi connectivity index (χ0v) is 17.5. The van der Waals surface area contributed by atoms with Crippen LogP contribution in [0.5, 0.6) is 0 Å². The van der Waals surface area contributed by atoms with Gasteiger partial charge in [0.1, 0.15) is 0 Å². The summed E-state index contributed by atoms with van der Waals surface area (Å²) >= 11 is 0. The third-order valence-corrected chi connectivity index (χ3v) is 6.07. The van der Waals surface area contributed by atoms with Gasteiger partial charge in [0.25, 0.3) is 0 Å². The zero-order valence-electron chi connectivity index (χ0n) is 17.5. The maximum Gasteiger partial charge on any atom is 0.238 e. The summed E-state index contributed by atoms with van der Waals surface area (Å²) in [5.74, 6) is 1.03. The molecule has 28 heavy (non-hydrogen) atoms. The van der Waals surface area contributed by atoms with Gasteiger partial charge in [-0.15, -0.1) is 0 Å². The molecule has 0 saturated carbocycles. The molecule has 0 unspecified atom stereocenters. The van der Waals surface area contributed by atoms with E-state index >= 15 is 0 Å². The first-order valence-corrected chi connectivity index (χ1v) is 10.5. The van der Waals surface area contributed by atoms with E-state index < -0.39 is 0 Å². The van der Waals surface area contributed by atoms with Gasteiger partial charge in [-0.05, 0) is 56.8 Å². The van der Waals surface area contributed by atoms with Crippen LogP contribution in [0.3, 0.4) is 0 Å². The maximum absolute atomic E-state index is 12.6. The van der Waals surface area contributed by atoms with Crippen LogP contribution in [-0.4, -0.2) is 78.9 Å². The van der Waals surface area contributed by atoms with Crippen molar-refractivity contribution in [3.05, 3.63) is 29.3 Å². The van der Waals surface area contributed by atoms with Crippen LogP contribution >= 0.6 is 0 Å². The molecule has 0 bridgehead atoms. The number of aryl methyl sites for hydroxylation is 2. The molecule has 0 aromatic heterocycles. The van der Waals surface area contributed by atoms with Crippen molar-refractivity contribution in [2.45, 2.75) is 33.6 Å². The highest BCUT2D eigenvalue weighted by atomic mass is 16.2. The van der Waals surface area contributed by atoms with Gasteiger partial charge in [0, 0.05) is 31.9 Å². The molecule has 6 heteroatoms. The third kappa shape index (κ3) is 5.55. The Balaban J connectivity index is 1.41. The number of piperazine rings is 1. The van der Waals surface area contributed by atoms with Crippen molar-refractivity contribution in [3.63, 3.8) is 0 Å². The normalized spacial score (nSPS) is 19.6. The zero-order chi connectivity index (χ0) is 20.1. The molecule has 1 aromatic rings. The minimum atomic E-state index is 0.0135. The molecule has 2 aliphatic rings. The predicted molar refractivity (Wildman–Crippen MR) is 112 cm³/mol. The number of hydrogen-bond acceptors (Lipinski definition) is 4. The van der Waals surface area contributed by atoms with Crippen LogP contribution in [0.1, 0.15) is 30.9 Å². The van der Waals surface area contributed by atoms with Gasteiger partial charge >= 0.3 is 0 Å². The lowest BCUT2D eigenvalue weighted by Crippen LogP contribution is -2.53. The van der Waals surface area contributed by atoms with E-state index in [-0.39, 0.29) is 11.8 Å². The summed E-state index contributed by atoms with van der Waals surface area (Å²) < 4.78 is 0. The van der Waals surface area contributed by atoms with Crippen LogP contribution in [0, 0.1) is 19.8 Å². The van der Waals surface area contributed by atoms with E-state index in [2.05, 4.69) is 22.0 Å². The Bertz CT molecular complexity index is 670. The molecule has 2 heterocycles. The third-order valence-electron chi connectivity index (χ3n) is 6.07. The van der Waals surface area contributed by atoms with E-state index in [0.29, 0.717) is 26.2 Å². The van der Waals surface area contributed by atoms with Crippen LogP contribution in [0.2, 0.25) is 0 Å². The molecule has 0 aliphatic carbocycles. The fraction of sp³-hybridized carbons (Fsp3) is 0.636. The second-order valence-corrected chi connectivity index (χ2v) is 8.43. The molecule has 3 rings (SSSR count). The number of rotatable bonds is 5. The number of para-hydroxylation sites is 1. The summed E-state index contributed by atoms with van der Waals surface area (Å²) in [7, 11) is 0. The van der Waals surface area contributed by atoms with Gasteiger partial charge < -0.3 is 10.2 Å². The van der Waals surface area contributed by atoms with Gasteiger partial charge in [-0.2, -0.15) is 0 Å². The van der Waals surface area contributed by atoms with Crippen molar-refractivity contribution in [2.24, 2.45) is 5.92 Å². The van der Waals surface area contributed by atoms with Gasteiger partial charge in [-0.3, -0.25) is 19.4 Å². The second kappa shape index (κ2) is 9.52. The minimum Gasteiger partial charge on any atom is -0.339 e. The summed E-state index contributed by atoms with van der Waals surface area (Å²) in [6.45, 7) is 12.2. The molecule has 154 valence electrons. The van der Waals surface area contributed by atoms with E-state index in [4.69, 9.17) is 0 Å². The number of likely N-dealkylation sites (tertiary alicyclic amines) is 1. The maximum atomic E-state index is 12.6. The Labute approximate surface area is 168 Å². The number of carbonyl (C=O) groups excluding carboxylic acids is 2. The molecule has 0 radical (unpaired) electrons. The van der Waals surface area contributed by atoms with Crippen LogP contribution in [-0.2, 0) is 9.59 Å². The monoisotopic (exact) mass is 386 g/mol. The molecular formula is C22H34N4O2. The Hall–Kier alpha value is -1.92. The van der Waals surface area contributed by atoms with Gasteiger partial charge in [-0.1, -0.05) is 25.1 Å². The SMILES string of the molecule is Cc1cccc(C)c1NC(=O)CN1CCN(C(=O)CN2CCC(C)CC2)CC1. The number of nitrogens with zero attached hydrogens (tertiary/aromatic N) is 3. The quantitative estimate of drug-likeness (QED) is 0.842. The van der Waals surface area contributed by atoms with E-state index in [1.165, 1.54) is 12.8 Å². The van der Waals surface area contributed by atoms with Crippen LogP contribution < -0.4 is 5.32 Å². The fourth-order valence-electron chi connectivity index (χ4n) is 4.06. The number of carbonyl (C=O) groups is 2. The highest BCUT2D eigenvalue weighted by Gasteiger charge is 2.25. The smallest absolute Gasteiger partial charge is 0.238 e. The van der Waals surface area contributed by atoms with Gasteiger partial charge in [0.15, 0.2) is 0 Å². The van der Waals surface area contributed by atoms with Crippen molar-refractivity contribution in [1.29, 1.82) is 0 Å². The lowest BCUT2D eigenvalue weighted by atomic mass is 9.99. The Morgan fingerprint density at radius 3 is 2.11 bits per heavy atom. The molecule has 2 fully saturated rings. The summed E-state index contributed by atoms with van der Waals surface area (Å²) in [6.07, 6.45) is 2.38. The average molecular weight is 387 g/mol. The number of nitrogens with one attached hydrogen (secondary N) is 1. The van der Waals surface area contributed by atoms with E-state index in [9.17, 15) is 9.59 Å². The summed E-state index contributed by atoms with van der Waals surface area (Å²) in [5, 5.41) is 3.05. The molecule has 2 amide bonds. The molecular weight excluding hydrogens is 352 g/mol. The van der Waals surface area contributed by atoms with Crippen LogP contribution in [0.25, 0.3) is 0 Å². The first-order chi connectivity index (χ1) is 13.4. The van der Waals surface area contributed by atoms with Crippen LogP contribution in [0.4, 0.5) is 5.69 Å². The lowest BCUT2D eigenvalue weighted by Gasteiger charge is -2.36. The highest BCUT2D eigenvalue weighted by molar-refractivity contribution is 5.93. The first kappa shape index (κ1) is 20.8. The fourth-order valence-corrected chi connectivity index (χ4v) is 4.06. The molecule has 1 aromatic carbocycles. The second-order valence-electron chi connectivity index (χ2n) is 8.43.